The van der Waals surface area contributed by atoms with E-state index in [4.69, 9.17) is 14.2 Å². The van der Waals surface area contributed by atoms with Crippen LogP contribution in [0.1, 0.15) is 28.8 Å². The summed E-state index contributed by atoms with van der Waals surface area (Å²) >= 11 is 0. The summed E-state index contributed by atoms with van der Waals surface area (Å²) in [6, 6.07) is 12.5. The van der Waals surface area contributed by atoms with Gasteiger partial charge in [0, 0.05) is 51.1 Å². The van der Waals surface area contributed by atoms with Crippen molar-refractivity contribution in [2.24, 2.45) is 0 Å². The van der Waals surface area contributed by atoms with Gasteiger partial charge in [-0.3, -0.25) is 9.69 Å². The minimum Gasteiger partial charge on any atom is -0.454 e. The quantitative estimate of drug-likeness (QED) is 0.581. The molecule has 2 aliphatic rings. The highest BCUT2D eigenvalue weighted by Crippen LogP contribution is 2.33. The molecule has 0 bridgehead atoms. The number of fused-ring (bicyclic) bond motifs is 1. The molecule has 178 valence electrons. The Balaban J connectivity index is 1.43. The summed E-state index contributed by atoms with van der Waals surface area (Å²) in [5, 5.41) is 0. The Morgan fingerprint density at radius 2 is 1.85 bits per heavy atom. The molecule has 1 fully saturated rings. The van der Waals surface area contributed by atoms with E-state index in [1.165, 1.54) is 6.26 Å². The van der Waals surface area contributed by atoms with Gasteiger partial charge in [0.1, 0.15) is 0 Å². The summed E-state index contributed by atoms with van der Waals surface area (Å²) in [4.78, 5) is 17.9. The number of methoxy groups -OCH3 is 1. The van der Waals surface area contributed by atoms with Gasteiger partial charge in [-0.1, -0.05) is 18.2 Å². The normalized spacial score (nSPS) is 16.7. The molecule has 0 unspecified atom stereocenters. The second kappa shape index (κ2) is 10.1. The summed E-state index contributed by atoms with van der Waals surface area (Å²) < 4.78 is 40.3. The second-order valence-electron chi connectivity index (χ2n) is 8.45. The Bertz CT molecular complexity index is 1100. The summed E-state index contributed by atoms with van der Waals surface area (Å²) in [6.45, 7) is 3.26. The van der Waals surface area contributed by atoms with E-state index >= 15 is 0 Å². The Labute approximate surface area is 195 Å². The molecule has 0 saturated carbocycles. The Morgan fingerprint density at radius 3 is 2.58 bits per heavy atom. The number of piperidine rings is 1. The molecule has 0 radical (unpaired) electrons. The lowest BCUT2D eigenvalue weighted by atomic mass is 10.0. The molecule has 0 spiro atoms. The van der Waals surface area contributed by atoms with Gasteiger partial charge in [-0.25, -0.2) is 8.42 Å². The monoisotopic (exact) mass is 474 g/mol. The fraction of sp³-hybridized carbons (Fsp3) is 0.458. The van der Waals surface area contributed by atoms with Crippen LogP contribution in [0.2, 0.25) is 0 Å². The van der Waals surface area contributed by atoms with Crippen molar-refractivity contribution in [3.05, 3.63) is 53.6 Å². The maximum atomic E-state index is 13.4. The number of carbonyl (C=O) groups excluding carboxylic acids is 1. The molecule has 0 aromatic heterocycles. The Kier molecular flexibility index (Phi) is 7.21. The number of hydrogen-bond donors (Lipinski definition) is 0. The van der Waals surface area contributed by atoms with E-state index in [1.54, 1.807) is 37.4 Å². The standard InChI is InChI=1S/C24H30N2O6S/c1-30-14-13-26(24(27)18-7-8-21-22(15-18)32-17-31-21)20-9-11-25(12-10-20)16-19-5-3-4-6-23(19)33(2,28)29/h3-8,15,20H,9-14,16-17H2,1-2H3. The summed E-state index contributed by atoms with van der Waals surface area (Å²) in [7, 11) is -1.65. The summed E-state index contributed by atoms with van der Waals surface area (Å²) in [5.41, 5.74) is 1.38. The van der Waals surface area contributed by atoms with Gasteiger partial charge in [0.15, 0.2) is 21.3 Å². The maximum absolute atomic E-state index is 13.4. The number of amides is 1. The largest absolute Gasteiger partial charge is 0.454 e. The first-order valence-electron chi connectivity index (χ1n) is 11.1. The highest BCUT2D eigenvalue weighted by Gasteiger charge is 2.30. The van der Waals surface area contributed by atoms with Crippen LogP contribution in [0.25, 0.3) is 0 Å². The first-order valence-corrected chi connectivity index (χ1v) is 13.0. The maximum Gasteiger partial charge on any atom is 0.254 e. The molecule has 9 heteroatoms. The molecule has 0 aliphatic carbocycles. The van der Waals surface area contributed by atoms with Gasteiger partial charge in [0.25, 0.3) is 5.91 Å². The van der Waals surface area contributed by atoms with Crippen LogP contribution in [-0.4, -0.2) is 76.6 Å². The van der Waals surface area contributed by atoms with E-state index in [-0.39, 0.29) is 18.7 Å². The summed E-state index contributed by atoms with van der Waals surface area (Å²) in [5.74, 6) is 1.19. The molecular weight excluding hydrogens is 444 g/mol. The SMILES string of the molecule is COCCN(C(=O)c1ccc2c(c1)OCO2)C1CCN(Cc2ccccc2S(C)(=O)=O)CC1. The lowest BCUT2D eigenvalue weighted by Crippen LogP contribution is -2.48. The molecule has 2 heterocycles. The highest BCUT2D eigenvalue weighted by atomic mass is 32.2. The first-order chi connectivity index (χ1) is 15.9. The minimum absolute atomic E-state index is 0.0498. The molecule has 0 N–H and O–H groups in total. The van der Waals surface area contributed by atoms with Crippen molar-refractivity contribution < 1.29 is 27.4 Å². The van der Waals surface area contributed by atoms with E-state index in [2.05, 4.69) is 4.90 Å². The van der Waals surface area contributed by atoms with E-state index < -0.39 is 9.84 Å². The van der Waals surface area contributed by atoms with Gasteiger partial charge in [-0.2, -0.15) is 0 Å². The molecule has 0 atom stereocenters. The smallest absolute Gasteiger partial charge is 0.254 e. The predicted molar refractivity (Wildman–Crippen MR) is 123 cm³/mol. The van der Waals surface area contributed by atoms with Crippen LogP contribution in [0.3, 0.4) is 0 Å². The van der Waals surface area contributed by atoms with Crippen molar-refractivity contribution in [3.63, 3.8) is 0 Å². The molecule has 4 rings (SSSR count). The first kappa shape index (κ1) is 23.5. The third kappa shape index (κ3) is 5.48. The van der Waals surface area contributed by atoms with Crippen molar-refractivity contribution >= 4 is 15.7 Å². The van der Waals surface area contributed by atoms with Gasteiger partial charge in [-0.05, 0) is 42.7 Å². The van der Waals surface area contributed by atoms with Gasteiger partial charge in [0.05, 0.1) is 11.5 Å². The van der Waals surface area contributed by atoms with Crippen LogP contribution in [-0.2, 0) is 21.1 Å². The molecule has 2 aromatic rings. The highest BCUT2D eigenvalue weighted by molar-refractivity contribution is 7.90. The van der Waals surface area contributed by atoms with Crippen molar-refractivity contribution in [1.29, 1.82) is 0 Å². The zero-order valence-corrected chi connectivity index (χ0v) is 19.8. The van der Waals surface area contributed by atoms with Gasteiger partial charge < -0.3 is 19.1 Å². The number of likely N-dealkylation sites (tertiary alicyclic amines) is 1. The molecule has 1 saturated heterocycles. The fourth-order valence-corrected chi connectivity index (χ4v) is 5.40. The van der Waals surface area contributed by atoms with Crippen molar-refractivity contribution in [2.45, 2.75) is 30.3 Å². The molecule has 2 aromatic carbocycles. The Hall–Kier alpha value is -2.62. The topological polar surface area (TPSA) is 85.4 Å². The van der Waals surface area contributed by atoms with Gasteiger partial charge in [0.2, 0.25) is 6.79 Å². The van der Waals surface area contributed by atoms with Gasteiger partial charge in [-0.15, -0.1) is 0 Å². The Morgan fingerprint density at radius 1 is 1.12 bits per heavy atom. The molecule has 8 nitrogen and oxygen atoms in total. The number of carbonyl (C=O) groups is 1. The van der Waals surface area contributed by atoms with Gasteiger partial charge >= 0.3 is 0 Å². The van der Waals surface area contributed by atoms with Crippen LogP contribution in [0.4, 0.5) is 0 Å². The number of benzene rings is 2. The zero-order chi connectivity index (χ0) is 23.4. The number of ether oxygens (including phenoxy) is 3. The lowest BCUT2D eigenvalue weighted by Gasteiger charge is -2.38. The predicted octanol–water partition coefficient (Wildman–Crippen LogP) is 2.57. The molecular formula is C24H30N2O6S. The van der Waals surface area contributed by atoms with Crippen LogP contribution in [0.15, 0.2) is 47.4 Å². The van der Waals surface area contributed by atoms with Crippen LogP contribution >= 0.6 is 0 Å². The third-order valence-electron chi connectivity index (χ3n) is 6.18. The zero-order valence-electron chi connectivity index (χ0n) is 19.0. The van der Waals surface area contributed by atoms with E-state index in [1.807, 2.05) is 17.0 Å². The average Bonchev–Trinajstić information content (AvgIpc) is 3.28. The van der Waals surface area contributed by atoms with Crippen molar-refractivity contribution in [2.75, 3.05) is 46.4 Å². The molecule has 33 heavy (non-hydrogen) atoms. The second-order valence-corrected chi connectivity index (χ2v) is 10.4. The number of nitrogens with zero attached hydrogens (tertiary/aromatic N) is 2. The molecule has 2 aliphatic heterocycles. The number of hydrogen-bond acceptors (Lipinski definition) is 7. The lowest BCUT2D eigenvalue weighted by molar-refractivity contribution is 0.0477. The van der Waals surface area contributed by atoms with Crippen molar-refractivity contribution in [1.82, 2.24) is 9.80 Å². The minimum atomic E-state index is -3.28. The number of rotatable bonds is 8. The van der Waals surface area contributed by atoms with E-state index in [9.17, 15) is 13.2 Å². The van der Waals surface area contributed by atoms with Crippen LogP contribution < -0.4 is 9.47 Å². The van der Waals surface area contributed by atoms with Crippen LogP contribution in [0, 0.1) is 0 Å². The molecule has 1 amide bonds. The average molecular weight is 475 g/mol. The van der Waals surface area contributed by atoms with Crippen molar-refractivity contribution in [3.8, 4) is 11.5 Å². The fourth-order valence-electron chi connectivity index (χ4n) is 4.46. The van der Waals surface area contributed by atoms with Crippen LogP contribution in [0.5, 0.6) is 11.5 Å². The summed E-state index contributed by atoms with van der Waals surface area (Å²) in [6.07, 6.45) is 2.86. The number of sulfone groups is 1. The van der Waals surface area contributed by atoms with E-state index in [0.29, 0.717) is 41.7 Å². The third-order valence-corrected chi connectivity index (χ3v) is 7.38. The van der Waals surface area contributed by atoms with E-state index in [0.717, 1.165) is 31.5 Å².